The van der Waals surface area contributed by atoms with Crippen molar-refractivity contribution in [3.63, 3.8) is 0 Å². The average Bonchev–Trinajstić information content (AvgIpc) is 3.49. The van der Waals surface area contributed by atoms with Crippen LogP contribution >= 0.6 is 0 Å². The Kier molecular flexibility index (Phi) is 11.8. The summed E-state index contributed by atoms with van der Waals surface area (Å²) in [5.41, 5.74) is -0.160. The normalized spacial score (nSPS) is 14.2. The van der Waals surface area contributed by atoms with Gasteiger partial charge in [-0.1, -0.05) is 26.0 Å². The predicted molar refractivity (Wildman–Crippen MR) is 165 cm³/mol. The second kappa shape index (κ2) is 15.5. The number of amides is 1. The molecule has 2 heterocycles. The van der Waals surface area contributed by atoms with Crippen LogP contribution in [0.25, 0.3) is 0 Å². The minimum absolute atomic E-state index is 0.0209. The van der Waals surface area contributed by atoms with Crippen LogP contribution in [0.4, 0.5) is 23.8 Å². The van der Waals surface area contributed by atoms with Crippen molar-refractivity contribution in [2.75, 3.05) is 38.4 Å². The van der Waals surface area contributed by atoms with Crippen molar-refractivity contribution in [1.29, 1.82) is 0 Å². The van der Waals surface area contributed by atoms with E-state index in [4.69, 9.17) is 14.2 Å². The van der Waals surface area contributed by atoms with Crippen molar-refractivity contribution in [1.82, 2.24) is 14.6 Å². The van der Waals surface area contributed by atoms with Gasteiger partial charge >= 0.3 is 12.3 Å². The highest BCUT2D eigenvalue weighted by molar-refractivity contribution is 7.89. The third-order valence-electron chi connectivity index (χ3n) is 7.08. The van der Waals surface area contributed by atoms with Gasteiger partial charge in [-0.3, -0.25) is 0 Å². The van der Waals surface area contributed by atoms with Gasteiger partial charge in [-0.05, 0) is 60.7 Å². The molecule has 0 radical (unpaired) electrons. The number of aliphatic hydroxyl groups excluding tert-OH is 1. The van der Waals surface area contributed by atoms with E-state index in [2.05, 4.69) is 15.6 Å². The Morgan fingerprint density at radius 3 is 2.43 bits per heavy atom. The van der Waals surface area contributed by atoms with Crippen LogP contribution in [0.2, 0.25) is 0 Å². The highest BCUT2D eigenvalue weighted by Gasteiger charge is 2.33. The van der Waals surface area contributed by atoms with Crippen LogP contribution in [0.1, 0.15) is 31.4 Å². The molecule has 0 bridgehead atoms. The summed E-state index contributed by atoms with van der Waals surface area (Å²) in [4.78, 5) is 15.3. The van der Waals surface area contributed by atoms with E-state index in [-0.39, 0.29) is 37.1 Å². The molecular weight excluding hydrogens is 645 g/mol. The van der Waals surface area contributed by atoms with E-state index in [1.807, 2.05) is 13.8 Å². The Labute approximate surface area is 270 Å². The zero-order valence-corrected chi connectivity index (χ0v) is 26.6. The zero-order valence-electron chi connectivity index (χ0n) is 25.7. The van der Waals surface area contributed by atoms with Crippen molar-refractivity contribution in [3.8, 4) is 17.2 Å². The molecule has 0 saturated heterocycles. The maximum Gasteiger partial charge on any atom is 0.417 e. The molecule has 12 nitrogen and oxygen atoms in total. The second-order valence-electron chi connectivity index (χ2n) is 11.3. The summed E-state index contributed by atoms with van der Waals surface area (Å²) in [6.07, 6.45) is -5.85. The van der Waals surface area contributed by atoms with Gasteiger partial charge in [0, 0.05) is 31.9 Å². The third-order valence-corrected chi connectivity index (χ3v) is 8.91. The minimum Gasteiger partial charge on any atom is -0.494 e. The van der Waals surface area contributed by atoms with E-state index < -0.39 is 40.0 Å². The highest BCUT2D eigenvalue weighted by Crippen LogP contribution is 2.35. The van der Waals surface area contributed by atoms with Crippen molar-refractivity contribution >= 4 is 21.9 Å². The maximum atomic E-state index is 13.6. The van der Waals surface area contributed by atoms with Gasteiger partial charge in [0.1, 0.15) is 11.6 Å². The van der Waals surface area contributed by atoms with E-state index >= 15 is 0 Å². The molecule has 2 atom stereocenters. The van der Waals surface area contributed by atoms with Crippen LogP contribution in [0.5, 0.6) is 17.2 Å². The molecule has 256 valence electrons. The molecular formula is C31H37F3N4O8S. The molecule has 0 fully saturated rings. The molecule has 47 heavy (non-hydrogen) atoms. The van der Waals surface area contributed by atoms with Crippen LogP contribution in [0.3, 0.4) is 0 Å². The number of sulfonamides is 1. The summed E-state index contributed by atoms with van der Waals surface area (Å²) in [5, 5.41) is 25.9. The topological polar surface area (TPSA) is 160 Å². The molecule has 0 spiro atoms. The average molecular weight is 683 g/mol. The van der Waals surface area contributed by atoms with E-state index in [9.17, 15) is 36.6 Å². The number of aliphatic hydroxyl groups is 1. The Morgan fingerprint density at radius 2 is 1.79 bits per heavy atom. The van der Waals surface area contributed by atoms with Crippen LogP contribution in [0.15, 0.2) is 65.7 Å². The molecule has 1 amide bonds. The van der Waals surface area contributed by atoms with Gasteiger partial charge in [0.25, 0.3) is 0 Å². The quantitative estimate of drug-likeness (QED) is 0.157. The number of alkyl halides is 3. The minimum atomic E-state index is -4.45. The summed E-state index contributed by atoms with van der Waals surface area (Å²) < 4.78 is 82.7. The maximum absolute atomic E-state index is 13.6. The fourth-order valence-electron chi connectivity index (χ4n) is 4.76. The van der Waals surface area contributed by atoms with Gasteiger partial charge in [0.2, 0.25) is 16.8 Å². The first-order chi connectivity index (χ1) is 22.2. The highest BCUT2D eigenvalue weighted by atomic mass is 32.2. The van der Waals surface area contributed by atoms with Crippen LogP contribution in [-0.4, -0.2) is 79.2 Å². The molecule has 2 aromatic carbocycles. The largest absolute Gasteiger partial charge is 0.494 e. The lowest BCUT2D eigenvalue weighted by molar-refractivity contribution is -0.137. The first-order valence-electron chi connectivity index (χ1n) is 14.8. The summed E-state index contributed by atoms with van der Waals surface area (Å²) >= 11 is 0. The second-order valence-corrected chi connectivity index (χ2v) is 13.2. The smallest absolute Gasteiger partial charge is 0.417 e. The number of carboxylic acid groups (broad SMARTS) is 1. The first-order valence-corrected chi connectivity index (χ1v) is 16.2. The lowest BCUT2D eigenvalue weighted by Gasteiger charge is -2.30. The van der Waals surface area contributed by atoms with E-state index in [1.165, 1.54) is 24.3 Å². The van der Waals surface area contributed by atoms with Crippen LogP contribution in [0, 0.1) is 5.92 Å². The Morgan fingerprint density at radius 1 is 1.06 bits per heavy atom. The number of nitrogens with one attached hydrogen (secondary N) is 2. The lowest BCUT2D eigenvalue weighted by Crippen LogP contribution is -2.50. The van der Waals surface area contributed by atoms with Crippen molar-refractivity contribution in [2.45, 2.75) is 49.9 Å². The number of hydrogen-bond donors (Lipinski definition) is 4. The molecule has 0 unspecified atom stereocenters. The molecule has 1 aliphatic rings. The number of halogens is 3. The number of nitrogens with zero attached hydrogens (tertiary/aromatic N) is 2. The van der Waals surface area contributed by atoms with Gasteiger partial charge in [-0.2, -0.15) is 17.5 Å². The molecule has 3 aromatic rings. The number of benzene rings is 2. The fraction of sp³-hybridized carbons (Fsp3) is 0.419. The third kappa shape index (κ3) is 10.1. The molecule has 4 N–H and O–H groups in total. The van der Waals surface area contributed by atoms with Gasteiger partial charge in [0.15, 0.2) is 11.5 Å². The number of pyridine rings is 1. The Balaban J connectivity index is 1.33. The zero-order chi connectivity index (χ0) is 34.2. The van der Waals surface area contributed by atoms with Gasteiger partial charge in [0.05, 0.1) is 29.2 Å². The number of carbonyl (C=O) groups is 1. The van der Waals surface area contributed by atoms with Crippen molar-refractivity contribution in [2.24, 2.45) is 5.92 Å². The Hall–Kier alpha value is -4.28. The molecule has 1 aliphatic heterocycles. The molecule has 0 aliphatic carbocycles. The predicted octanol–water partition coefficient (Wildman–Crippen LogP) is 4.60. The van der Waals surface area contributed by atoms with Gasteiger partial charge < -0.3 is 35.1 Å². The number of aromatic nitrogens is 1. The standard InChI is InChI=1S/C31H37F3N4O8S/c1-20(2)17-38(47(42,43)24-9-10-27-28(15-24)46-19-45-27)18-26(39)25(37-30(40)41)14-21-4-7-23(8-5-21)44-13-3-12-35-29-11-6-22(16-36-29)31(32,33)34/h4-11,15-16,20,25-26,37,39H,3,12-14,17-19H2,1-2H3,(H,35,36)(H,40,41)/t25-,26+/m0/s1. The van der Waals surface area contributed by atoms with E-state index in [1.54, 1.807) is 24.3 Å². The summed E-state index contributed by atoms with van der Waals surface area (Å²) in [6, 6.07) is 12.2. The fourth-order valence-corrected chi connectivity index (χ4v) is 6.40. The molecule has 16 heteroatoms. The van der Waals surface area contributed by atoms with Gasteiger partial charge in [-0.25, -0.2) is 18.2 Å². The molecule has 1 aromatic heterocycles. The number of hydrogen-bond acceptors (Lipinski definition) is 9. The number of fused-ring (bicyclic) bond motifs is 1. The van der Waals surface area contributed by atoms with Crippen LogP contribution in [-0.2, 0) is 22.6 Å². The van der Waals surface area contributed by atoms with E-state index in [0.29, 0.717) is 48.2 Å². The number of ether oxygens (including phenoxy) is 3. The summed E-state index contributed by atoms with van der Waals surface area (Å²) in [6.45, 7) is 4.07. The Bertz CT molecular complexity index is 1590. The van der Waals surface area contributed by atoms with Crippen LogP contribution < -0.4 is 24.8 Å². The summed E-state index contributed by atoms with van der Waals surface area (Å²) in [5.74, 6) is 1.46. The number of anilines is 1. The molecule has 0 saturated carbocycles. The number of rotatable bonds is 16. The monoisotopic (exact) mass is 682 g/mol. The first kappa shape index (κ1) is 35.6. The SMILES string of the molecule is CC(C)CN(C[C@@H](O)[C@H](Cc1ccc(OCCCNc2ccc(C(F)(F)F)cn2)cc1)NC(=O)O)S(=O)(=O)c1ccc2c(c1)OCO2. The summed E-state index contributed by atoms with van der Waals surface area (Å²) in [7, 11) is -4.09. The van der Waals surface area contributed by atoms with Crippen molar-refractivity contribution < 1.29 is 50.8 Å². The van der Waals surface area contributed by atoms with Gasteiger partial charge in [-0.15, -0.1) is 0 Å². The van der Waals surface area contributed by atoms with Crippen molar-refractivity contribution in [3.05, 3.63) is 71.9 Å². The lowest BCUT2D eigenvalue weighted by atomic mass is 10.0. The molecule has 4 rings (SSSR count). The van der Waals surface area contributed by atoms with E-state index in [0.717, 1.165) is 16.6 Å².